The molecular weight excluding hydrogens is 301 g/mol. The van der Waals surface area contributed by atoms with Gasteiger partial charge in [0.2, 0.25) is 0 Å². The van der Waals surface area contributed by atoms with Crippen LogP contribution < -0.4 is 5.32 Å². The van der Waals surface area contributed by atoms with Crippen LogP contribution in [0.3, 0.4) is 0 Å². The van der Waals surface area contributed by atoms with Crippen LogP contribution in [0.15, 0.2) is 30.1 Å². The van der Waals surface area contributed by atoms with Crippen LogP contribution in [0, 0.1) is 12.7 Å². The first-order valence-corrected chi connectivity index (χ1v) is 8.55. The van der Waals surface area contributed by atoms with E-state index in [1.165, 1.54) is 11.1 Å². The molecule has 1 atom stereocenters. The van der Waals surface area contributed by atoms with Gasteiger partial charge in [-0.2, -0.15) is 0 Å². The summed E-state index contributed by atoms with van der Waals surface area (Å²) in [6, 6.07) is 3.70. The summed E-state index contributed by atoms with van der Waals surface area (Å²) in [5, 5.41) is 3.54. The first kappa shape index (κ1) is 15.4. The van der Waals surface area contributed by atoms with Crippen molar-refractivity contribution >= 4 is 5.69 Å². The minimum Gasteiger partial charge on any atom is -0.376 e. The zero-order valence-corrected chi connectivity index (χ0v) is 15.0. The standard InChI is InChI=1S/C20H24FN3/c1-12-18(24(5)11-22-12)13-9-14-16(10-15(13)21)23-19(2,3)17-7-6-8-20(14,17)4/h7,9-11,23H,6,8H2,1-5H3. The van der Waals surface area contributed by atoms with Crippen LogP contribution in [-0.2, 0) is 12.5 Å². The molecule has 0 amide bonds. The highest BCUT2D eigenvalue weighted by Crippen LogP contribution is 2.53. The Hall–Kier alpha value is -2.10. The van der Waals surface area contributed by atoms with E-state index in [-0.39, 0.29) is 16.8 Å². The summed E-state index contributed by atoms with van der Waals surface area (Å²) in [7, 11) is 1.91. The fraction of sp³-hybridized carbons (Fsp3) is 0.450. The van der Waals surface area contributed by atoms with Crippen molar-refractivity contribution in [2.75, 3.05) is 5.32 Å². The molecule has 1 unspecified atom stereocenters. The quantitative estimate of drug-likeness (QED) is 0.769. The van der Waals surface area contributed by atoms with Gasteiger partial charge in [-0.15, -0.1) is 0 Å². The number of nitrogens with zero attached hydrogens (tertiary/aromatic N) is 2. The van der Waals surface area contributed by atoms with Crippen molar-refractivity contribution in [3.05, 3.63) is 47.2 Å². The maximum Gasteiger partial charge on any atom is 0.134 e. The van der Waals surface area contributed by atoms with E-state index in [0.29, 0.717) is 5.56 Å². The van der Waals surface area contributed by atoms with Gasteiger partial charge in [0.05, 0.1) is 23.3 Å². The molecule has 0 saturated heterocycles. The normalized spacial score (nSPS) is 24.2. The summed E-state index contributed by atoms with van der Waals surface area (Å²) in [5.74, 6) is -0.197. The van der Waals surface area contributed by atoms with Crippen molar-refractivity contribution in [2.24, 2.45) is 7.05 Å². The van der Waals surface area contributed by atoms with Gasteiger partial charge in [0.1, 0.15) is 5.82 Å². The fourth-order valence-electron chi connectivity index (χ4n) is 4.74. The lowest BCUT2D eigenvalue weighted by molar-refractivity contribution is 0.459. The largest absolute Gasteiger partial charge is 0.376 e. The molecule has 1 aromatic heterocycles. The number of anilines is 1. The number of halogens is 1. The van der Waals surface area contributed by atoms with Gasteiger partial charge in [0.25, 0.3) is 0 Å². The Morgan fingerprint density at radius 2 is 2.00 bits per heavy atom. The molecule has 0 radical (unpaired) electrons. The van der Waals surface area contributed by atoms with Crippen LogP contribution in [0.5, 0.6) is 0 Å². The molecule has 1 aliphatic heterocycles. The Morgan fingerprint density at radius 3 is 2.67 bits per heavy atom. The van der Waals surface area contributed by atoms with Crippen molar-refractivity contribution in [1.29, 1.82) is 0 Å². The maximum atomic E-state index is 14.9. The van der Waals surface area contributed by atoms with Gasteiger partial charge in [0, 0.05) is 23.7 Å². The molecule has 2 aromatic rings. The molecule has 0 saturated carbocycles. The molecule has 3 nitrogen and oxygen atoms in total. The van der Waals surface area contributed by atoms with Gasteiger partial charge in [-0.25, -0.2) is 9.37 Å². The van der Waals surface area contributed by atoms with Gasteiger partial charge >= 0.3 is 0 Å². The van der Waals surface area contributed by atoms with Gasteiger partial charge < -0.3 is 9.88 Å². The average Bonchev–Trinajstić information content (AvgIpc) is 3.04. The minimum absolute atomic E-state index is 0.0287. The lowest BCUT2D eigenvalue weighted by Crippen LogP contribution is -2.45. The first-order valence-electron chi connectivity index (χ1n) is 8.55. The van der Waals surface area contributed by atoms with Gasteiger partial charge in [-0.05, 0) is 56.9 Å². The molecule has 1 aromatic carbocycles. The van der Waals surface area contributed by atoms with Crippen LogP contribution in [-0.4, -0.2) is 15.1 Å². The third-order valence-corrected chi connectivity index (χ3v) is 5.78. The summed E-state index contributed by atoms with van der Waals surface area (Å²) >= 11 is 0. The smallest absolute Gasteiger partial charge is 0.134 e. The highest BCUT2D eigenvalue weighted by molar-refractivity contribution is 5.74. The third-order valence-electron chi connectivity index (χ3n) is 5.78. The number of allylic oxidation sites excluding steroid dienone is 1. The molecule has 0 bridgehead atoms. The number of aromatic nitrogens is 2. The zero-order valence-electron chi connectivity index (χ0n) is 15.0. The summed E-state index contributed by atoms with van der Waals surface area (Å²) in [5.41, 5.74) is 5.71. The lowest BCUT2D eigenvalue weighted by Gasteiger charge is -2.46. The molecule has 126 valence electrons. The molecule has 4 rings (SSSR count). The Balaban J connectivity index is 1.98. The van der Waals surface area contributed by atoms with Crippen LogP contribution in [0.2, 0.25) is 0 Å². The molecule has 2 aliphatic rings. The second-order valence-corrected chi connectivity index (χ2v) is 7.91. The highest BCUT2D eigenvalue weighted by Gasteiger charge is 2.47. The predicted octanol–water partition coefficient (Wildman–Crippen LogP) is 4.72. The van der Waals surface area contributed by atoms with E-state index in [1.54, 1.807) is 12.4 Å². The van der Waals surface area contributed by atoms with Crippen molar-refractivity contribution in [3.63, 3.8) is 0 Å². The number of hydrogen-bond acceptors (Lipinski definition) is 2. The van der Waals surface area contributed by atoms with Crippen molar-refractivity contribution in [3.8, 4) is 11.3 Å². The Bertz CT molecular complexity index is 856. The third kappa shape index (κ3) is 1.92. The van der Waals surface area contributed by atoms with Gasteiger partial charge in [-0.1, -0.05) is 13.0 Å². The van der Waals surface area contributed by atoms with E-state index in [1.807, 2.05) is 24.6 Å². The summed E-state index contributed by atoms with van der Waals surface area (Å²) in [6.45, 7) is 8.59. The number of benzene rings is 1. The van der Waals surface area contributed by atoms with E-state index >= 15 is 0 Å². The summed E-state index contributed by atoms with van der Waals surface area (Å²) in [4.78, 5) is 4.32. The van der Waals surface area contributed by atoms with Crippen LogP contribution in [0.1, 0.15) is 44.9 Å². The number of aryl methyl sites for hydroxylation is 2. The minimum atomic E-state index is -0.197. The highest BCUT2D eigenvalue weighted by atomic mass is 19.1. The lowest BCUT2D eigenvalue weighted by atomic mass is 9.66. The van der Waals surface area contributed by atoms with Crippen molar-refractivity contribution < 1.29 is 4.39 Å². The average molecular weight is 325 g/mol. The Morgan fingerprint density at radius 1 is 1.25 bits per heavy atom. The van der Waals surface area contributed by atoms with Crippen LogP contribution in [0.25, 0.3) is 11.3 Å². The van der Waals surface area contributed by atoms with Crippen LogP contribution in [0.4, 0.5) is 10.1 Å². The SMILES string of the molecule is Cc1ncn(C)c1-c1cc2c(cc1F)NC(C)(C)C1=CCCC12C. The molecular formula is C20H24FN3. The van der Waals surface area contributed by atoms with Crippen molar-refractivity contribution in [1.82, 2.24) is 9.55 Å². The number of rotatable bonds is 1. The first-order chi connectivity index (χ1) is 11.2. The molecule has 1 N–H and O–H groups in total. The Labute approximate surface area is 142 Å². The second kappa shape index (κ2) is 4.71. The van der Waals surface area contributed by atoms with E-state index in [4.69, 9.17) is 0 Å². The molecule has 1 aliphatic carbocycles. The van der Waals surface area contributed by atoms with Gasteiger partial charge in [-0.3, -0.25) is 0 Å². The van der Waals surface area contributed by atoms with Crippen LogP contribution >= 0.6 is 0 Å². The number of hydrogen-bond donors (Lipinski definition) is 1. The van der Waals surface area contributed by atoms with Gasteiger partial charge in [0.15, 0.2) is 0 Å². The Kier molecular flexibility index (Phi) is 3.03. The summed E-state index contributed by atoms with van der Waals surface area (Å²) in [6.07, 6.45) is 6.26. The van der Waals surface area contributed by atoms with E-state index in [0.717, 1.165) is 29.9 Å². The number of fused-ring (bicyclic) bond motifs is 3. The van der Waals surface area contributed by atoms with E-state index in [9.17, 15) is 4.39 Å². The predicted molar refractivity (Wildman–Crippen MR) is 95.7 cm³/mol. The molecule has 0 fully saturated rings. The second-order valence-electron chi connectivity index (χ2n) is 7.91. The van der Waals surface area contributed by atoms with E-state index < -0.39 is 0 Å². The molecule has 0 spiro atoms. The molecule has 24 heavy (non-hydrogen) atoms. The topological polar surface area (TPSA) is 29.9 Å². The number of nitrogens with one attached hydrogen (secondary N) is 1. The molecule has 4 heteroatoms. The zero-order chi connectivity index (χ0) is 17.3. The van der Waals surface area contributed by atoms with Crippen molar-refractivity contribution in [2.45, 2.75) is 51.5 Å². The number of imidazole rings is 1. The molecule has 2 heterocycles. The van der Waals surface area contributed by atoms with E-state index in [2.05, 4.69) is 37.1 Å². The monoisotopic (exact) mass is 325 g/mol. The maximum absolute atomic E-state index is 14.9. The summed E-state index contributed by atoms with van der Waals surface area (Å²) < 4.78 is 16.8. The fourth-order valence-corrected chi connectivity index (χ4v) is 4.74.